The highest BCUT2D eigenvalue weighted by molar-refractivity contribution is 7.92. The van der Waals surface area contributed by atoms with Gasteiger partial charge in [0.05, 0.1) is 16.7 Å². The Morgan fingerprint density at radius 2 is 1.66 bits per heavy atom. The predicted octanol–water partition coefficient (Wildman–Crippen LogP) is 5.41. The van der Waals surface area contributed by atoms with Crippen LogP contribution in [0.2, 0.25) is 0 Å². The third-order valence-corrected chi connectivity index (χ3v) is 8.34. The molecule has 0 radical (unpaired) electrons. The van der Waals surface area contributed by atoms with Crippen molar-refractivity contribution < 1.29 is 13.2 Å². The van der Waals surface area contributed by atoms with Crippen LogP contribution in [0.15, 0.2) is 89.8 Å². The molecule has 0 unspecified atom stereocenters. The quantitative estimate of drug-likeness (QED) is 0.540. The van der Waals surface area contributed by atoms with E-state index in [0.29, 0.717) is 18.0 Å². The van der Waals surface area contributed by atoms with Crippen LogP contribution < -0.4 is 4.31 Å². The Morgan fingerprint density at radius 1 is 0.938 bits per heavy atom. The van der Waals surface area contributed by atoms with Gasteiger partial charge < -0.3 is 4.74 Å². The zero-order valence-corrected chi connectivity index (χ0v) is 18.9. The minimum atomic E-state index is -3.68. The summed E-state index contributed by atoms with van der Waals surface area (Å²) in [7, 11) is -3.68. The van der Waals surface area contributed by atoms with Gasteiger partial charge in [0.25, 0.3) is 10.0 Å². The van der Waals surface area contributed by atoms with Crippen molar-refractivity contribution in [3.63, 3.8) is 0 Å². The minimum absolute atomic E-state index is 0.0545. The average Bonchev–Trinajstić information content (AvgIpc) is 2.83. The molecule has 0 aliphatic carbocycles. The highest BCUT2D eigenvalue weighted by Crippen LogP contribution is 2.46. The Morgan fingerprint density at radius 3 is 2.44 bits per heavy atom. The van der Waals surface area contributed by atoms with Gasteiger partial charge in [0, 0.05) is 19.1 Å². The summed E-state index contributed by atoms with van der Waals surface area (Å²) >= 11 is 0. The SMILES string of the molecule is Cc1ccc(S(=O)(=O)N2C[C@@H]3[C@@H](/C=C/c4ccccc4)OCC[C@H]3c3ccccc32)cc1. The van der Waals surface area contributed by atoms with Crippen molar-refractivity contribution in [2.24, 2.45) is 5.92 Å². The largest absolute Gasteiger partial charge is 0.374 e. The fraction of sp³-hybridized carbons (Fsp3) is 0.259. The van der Waals surface area contributed by atoms with Gasteiger partial charge in [-0.2, -0.15) is 0 Å². The highest BCUT2D eigenvalue weighted by Gasteiger charge is 2.43. The number of anilines is 1. The molecule has 5 heteroatoms. The number of sulfonamides is 1. The third-order valence-electron chi connectivity index (χ3n) is 6.55. The van der Waals surface area contributed by atoms with Crippen molar-refractivity contribution >= 4 is 21.8 Å². The van der Waals surface area contributed by atoms with Gasteiger partial charge in [0.15, 0.2) is 0 Å². The molecule has 32 heavy (non-hydrogen) atoms. The fourth-order valence-corrected chi connectivity index (χ4v) is 6.39. The summed E-state index contributed by atoms with van der Waals surface area (Å²) in [6.07, 6.45) is 4.93. The molecule has 3 atom stereocenters. The minimum Gasteiger partial charge on any atom is -0.374 e. The van der Waals surface area contributed by atoms with Crippen LogP contribution in [-0.4, -0.2) is 27.7 Å². The van der Waals surface area contributed by atoms with Crippen LogP contribution in [0.1, 0.15) is 29.0 Å². The van der Waals surface area contributed by atoms with Gasteiger partial charge >= 0.3 is 0 Å². The number of hydrogen-bond donors (Lipinski definition) is 0. The monoisotopic (exact) mass is 445 g/mol. The standard InChI is InChI=1S/C27H27NO3S/c1-20-11-14-22(15-12-20)32(29,30)28-19-25-23(24-9-5-6-10-26(24)28)17-18-31-27(25)16-13-21-7-3-2-4-8-21/h2-16,23,25,27H,17-19H2,1H3/b16-13+/t23-,25-,27+/m0/s1. The molecule has 1 fully saturated rings. The molecular formula is C27H27NO3S. The number of hydrogen-bond acceptors (Lipinski definition) is 3. The number of ether oxygens (including phenoxy) is 1. The maximum atomic E-state index is 13.7. The number of nitrogens with zero attached hydrogens (tertiary/aromatic N) is 1. The van der Waals surface area contributed by atoms with Gasteiger partial charge in [-0.3, -0.25) is 4.31 Å². The van der Waals surface area contributed by atoms with E-state index < -0.39 is 10.0 Å². The maximum absolute atomic E-state index is 13.7. The summed E-state index contributed by atoms with van der Waals surface area (Å²) in [5, 5.41) is 0. The van der Waals surface area contributed by atoms with Crippen LogP contribution in [0, 0.1) is 12.8 Å². The molecule has 164 valence electrons. The van der Waals surface area contributed by atoms with Crippen LogP contribution in [0.25, 0.3) is 6.08 Å². The summed E-state index contributed by atoms with van der Waals surface area (Å²) in [6.45, 7) is 3.03. The van der Waals surface area contributed by atoms with Gasteiger partial charge in [0.2, 0.25) is 0 Å². The first-order valence-electron chi connectivity index (χ1n) is 11.1. The van der Waals surface area contributed by atoms with Gasteiger partial charge in [-0.25, -0.2) is 8.42 Å². The summed E-state index contributed by atoms with van der Waals surface area (Å²) < 4.78 is 35.1. The second kappa shape index (κ2) is 8.57. The van der Waals surface area contributed by atoms with Crippen molar-refractivity contribution in [1.82, 2.24) is 0 Å². The second-order valence-electron chi connectivity index (χ2n) is 8.57. The molecule has 0 bridgehead atoms. The summed E-state index contributed by atoms with van der Waals surface area (Å²) in [5.41, 5.74) is 4.04. The Bertz CT molecular complexity index is 1220. The zero-order chi connectivity index (χ0) is 22.1. The van der Waals surface area contributed by atoms with Crippen LogP contribution in [-0.2, 0) is 14.8 Å². The second-order valence-corrected chi connectivity index (χ2v) is 10.4. The van der Waals surface area contributed by atoms with Crippen molar-refractivity contribution in [1.29, 1.82) is 0 Å². The van der Waals surface area contributed by atoms with E-state index in [0.717, 1.165) is 28.8 Å². The van der Waals surface area contributed by atoms with E-state index in [4.69, 9.17) is 4.74 Å². The lowest BCUT2D eigenvalue weighted by molar-refractivity contribution is -0.00688. The lowest BCUT2D eigenvalue weighted by atomic mass is 9.75. The molecule has 4 nitrogen and oxygen atoms in total. The summed E-state index contributed by atoms with van der Waals surface area (Å²) in [6, 6.07) is 25.2. The first-order valence-corrected chi connectivity index (χ1v) is 12.5. The van der Waals surface area contributed by atoms with E-state index in [-0.39, 0.29) is 17.9 Å². The lowest BCUT2D eigenvalue weighted by Crippen LogP contribution is -2.48. The molecule has 1 saturated heterocycles. The first kappa shape index (κ1) is 21.0. The van der Waals surface area contributed by atoms with Gasteiger partial charge in [-0.05, 0) is 48.6 Å². The fourth-order valence-electron chi connectivity index (χ4n) is 4.87. The number of aryl methyl sites for hydroxylation is 1. The summed E-state index contributed by atoms with van der Waals surface area (Å²) in [4.78, 5) is 0.324. The smallest absolute Gasteiger partial charge is 0.264 e. The van der Waals surface area contributed by atoms with Crippen LogP contribution in [0.5, 0.6) is 0 Å². The molecule has 2 aliphatic heterocycles. The molecule has 0 spiro atoms. The molecule has 5 rings (SSSR count). The van der Waals surface area contributed by atoms with Crippen LogP contribution >= 0.6 is 0 Å². The van der Waals surface area contributed by atoms with Gasteiger partial charge in [0.1, 0.15) is 0 Å². The van der Waals surface area contributed by atoms with E-state index >= 15 is 0 Å². The van der Waals surface area contributed by atoms with E-state index in [1.54, 1.807) is 16.4 Å². The van der Waals surface area contributed by atoms with Crippen LogP contribution in [0.4, 0.5) is 5.69 Å². The first-order chi connectivity index (χ1) is 15.5. The number of rotatable bonds is 4. The Hall–Kier alpha value is -2.89. The zero-order valence-electron chi connectivity index (χ0n) is 18.1. The molecule has 0 amide bonds. The maximum Gasteiger partial charge on any atom is 0.264 e. The van der Waals surface area contributed by atoms with Gasteiger partial charge in [-0.15, -0.1) is 0 Å². The van der Waals surface area contributed by atoms with E-state index in [2.05, 4.69) is 30.4 Å². The van der Waals surface area contributed by atoms with Crippen molar-refractivity contribution in [2.75, 3.05) is 17.5 Å². The number of fused-ring (bicyclic) bond motifs is 3. The van der Waals surface area contributed by atoms with Gasteiger partial charge in [-0.1, -0.05) is 78.4 Å². The normalized spacial score (nSPS) is 23.0. The molecule has 0 aromatic heterocycles. The summed E-state index contributed by atoms with van der Waals surface area (Å²) in [5.74, 6) is 0.327. The average molecular weight is 446 g/mol. The van der Waals surface area contributed by atoms with E-state index in [1.165, 1.54) is 0 Å². The number of para-hydroxylation sites is 1. The number of benzene rings is 3. The molecule has 0 saturated carbocycles. The molecule has 3 aromatic carbocycles. The molecule has 3 aromatic rings. The lowest BCUT2D eigenvalue weighted by Gasteiger charge is -2.45. The van der Waals surface area contributed by atoms with Crippen molar-refractivity contribution in [3.8, 4) is 0 Å². The molecule has 0 N–H and O–H groups in total. The predicted molar refractivity (Wildman–Crippen MR) is 128 cm³/mol. The van der Waals surface area contributed by atoms with Crippen molar-refractivity contribution in [3.05, 3.63) is 102 Å². The van der Waals surface area contributed by atoms with E-state index in [1.807, 2.05) is 55.5 Å². The highest BCUT2D eigenvalue weighted by atomic mass is 32.2. The molecular weight excluding hydrogens is 418 g/mol. The molecule has 2 aliphatic rings. The van der Waals surface area contributed by atoms with Crippen molar-refractivity contribution in [2.45, 2.75) is 30.3 Å². The Kier molecular flexibility index (Phi) is 5.62. The molecule has 2 heterocycles. The third kappa shape index (κ3) is 3.87. The Labute approximate surface area is 190 Å². The topological polar surface area (TPSA) is 46.6 Å². The van der Waals surface area contributed by atoms with E-state index in [9.17, 15) is 8.42 Å². The van der Waals surface area contributed by atoms with Crippen LogP contribution in [0.3, 0.4) is 0 Å². The Balaban J connectivity index is 1.53.